The fraction of sp³-hybridized carbons (Fsp3) is 0.176. The Hall–Kier alpha value is -2.62. The van der Waals surface area contributed by atoms with E-state index in [0.717, 1.165) is 16.7 Å². The molecule has 0 bridgehead atoms. The van der Waals surface area contributed by atoms with Crippen molar-refractivity contribution in [2.24, 2.45) is 0 Å². The molecule has 4 nitrogen and oxygen atoms in total. The molecule has 1 atom stereocenters. The van der Waals surface area contributed by atoms with Crippen LogP contribution in [0.4, 0.5) is 0 Å². The lowest BCUT2D eigenvalue weighted by Gasteiger charge is -2.16. The van der Waals surface area contributed by atoms with Gasteiger partial charge in [-0.15, -0.1) is 0 Å². The van der Waals surface area contributed by atoms with Crippen molar-refractivity contribution < 1.29 is 14.7 Å². The molecule has 2 rings (SSSR count). The largest absolute Gasteiger partial charge is 0.481 e. The number of amides is 1. The Kier molecular flexibility index (Phi) is 4.72. The Bertz CT molecular complexity index is 604. The number of benzene rings is 2. The van der Waals surface area contributed by atoms with Crippen molar-refractivity contribution in [2.45, 2.75) is 19.4 Å². The molecule has 1 unspecified atom stereocenters. The van der Waals surface area contributed by atoms with Crippen LogP contribution in [0, 0.1) is 0 Å². The summed E-state index contributed by atoms with van der Waals surface area (Å²) in [6.07, 6.45) is -0.135. The van der Waals surface area contributed by atoms with Crippen LogP contribution >= 0.6 is 0 Å². The first kappa shape index (κ1) is 14.8. The second-order valence-electron chi connectivity index (χ2n) is 4.84. The van der Waals surface area contributed by atoms with Gasteiger partial charge in [0.05, 0.1) is 12.5 Å². The van der Waals surface area contributed by atoms with E-state index in [9.17, 15) is 9.59 Å². The Morgan fingerprint density at radius 3 is 2.10 bits per heavy atom. The minimum absolute atomic E-state index is 0.135. The highest BCUT2D eigenvalue weighted by Crippen LogP contribution is 2.23. The lowest BCUT2D eigenvalue weighted by atomic mass is 9.99. The number of carboxylic acid groups (broad SMARTS) is 1. The molecule has 2 N–H and O–H groups in total. The molecule has 0 aliphatic heterocycles. The number of nitrogens with one attached hydrogen (secondary N) is 1. The molecule has 0 aliphatic rings. The Balaban J connectivity index is 2.22. The van der Waals surface area contributed by atoms with Crippen LogP contribution in [0.25, 0.3) is 11.1 Å². The first-order valence-electron chi connectivity index (χ1n) is 6.70. The molecule has 21 heavy (non-hydrogen) atoms. The second-order valence-corrected chi connectivity index (χ2v) is 4.84. The first-order valence-corrected chi connectivity index (χ1v) is 6.70. The summed E-state index contributed by atoms with van der Waals surface area (Å²) in [6, 6.07) is 17.0. The van der Waals surface area contributed by atoms with Gasteiger partial charge in [-0.3, -0.25) is 9.59 Å². The van der Waals surface area contributed by atoms with Gasteiger partial charge in [-0.2, -0.15) is 0 Å². The van der Waals surface area contributed by atoms with Crippen molar-refractivity contribution in [3.05, 3.63) is 60.2 Å². The van der Waals surface area contributed by atoms with Gasteiger partial charge in [0.25, 0.3) is 0 Å². The summed E-state index contributed by atoms with van der Waals surface area (Å²) >= 11 is 0. The highest BCUT2D eigenvalue weighted by molar-refractivity contribution is 5.75. The van der Waals surface area contributed by atoms with Crippen LogP contribution in [0.5, 0.6) is 0 Å². The summed E-state index contributed by atoms with van der Waals surface area (Å²) in [4.78, 5) is 22.1. The normalized spacial score (nSPS) is 11.7. The summed E-state index contributed by atoms with van der Waals surface area (Å²) in [5.74, 6) is -1.19. The lowest BCUT2D eigenvalue weighted by molar-refractivity contribution is -0.137. The molecular formula is C17H17NO3. The number of rotatable bonds is 5. The van der Waals surface area contributed by atoms with Crippen LogP contribution in [0.2, 0.25) is 0 Å². The smallest absolute Gasteiger partial charge is 0.305 e. The van der Waals surface area contributed by atoms with Crippen molar-refractivity contribution in [3.8, 4) is 11.1 Å². The number of carbonyl (C=O) groups is 2. The van der Waals surface area contributed by atoms with Crippen LogP contribution in [-0.4, -0.2) is 17.0 Å². The fourth-order valence-electron chi connectivity index (χ4n) is 2.21. The van der Waals surface area contributed by atoms with Gasteiger partial charge >= 0.3 is 5.97 Å². The number of carboxylic acids is 1. The molecule has 0 radical (unpaired) electrons. The Labute approximate surface area is 123 Å². The minimum atomic E-state index is -0.944. The molecule has 108 valence electrons. The highest BCUT2D eigenvalue weighted by Gasteiger charge is 2.16. The molecule has 1 amide bonds. The quantitative estimate of drug-likeness (QED) is 0.886. The average molecular weight is 283 g/mol. The maximum atomic E-state index is 11.2. The van der Waals surface area contributed by atoms with Crippen LogP contribution < -0.4 is 5.32 Å². The minimum Gasteiger partial charge on any atom is -0.481 e. The molecule has 0 fully saturated rings. The van der Waals surface area contributed by atoms with E-state index in [1.165, 1.54) is 6.92 Å². The summed E-state index contributed by atoms with van der Waals surface area (Å²) in [5.41, 5.74) is 2.93. The Morgan fingerprint density at radius 1 is 1.00 bits per heavy atom. The number of carbonyl (C=O) groups excluding carboxylic acids is 1. The molecule has 0 saturated carbocycles. The third-order valence-electron chi connectivity index (χ3n) is 3.18. The van der Waals surface area contributed by atoms with Gasteiger partial charge in [0.2, 0.25) is 5.91 Å². The first-order chi connectivity index (χ1) is 10.1. The van der Waals surface area contributed by atoms with Crippen LogP contribution in [0.1, 0.15) is 24.9 Å². The standard InChI is InChI=1S/C17H17NO3/c1-12(19)18-16(11-17(20)21)15-9-7-14(8-10-15)13-5-3-2-4-6-13/h2-10,16H,11H2,1H3,(H,18,19)(H,20,21). The van der Waals surface area contributed by atoms with E-state index in [-0.39, 0.29) is 12.3 Å². The second kappa shape index (κ2) is 6.70. The van der Waals surface area contributed by atoms with E-state index in [2.05, 4.69) is 5.32 Å². The van der Waals surface area contributed by atoms with Crippen molar-refractivity contribution in [1.29, 1.82) is 0 Å². The lowest BCUT2D eigenvalue weighted by Crippen LogP contribution is -2.27. The molecule has 2 aromatic rings. The van der Waals surface area contributed by atoms with E-state index >= 15 is 0 Å². The van der Waals surface area contributed by atoms with Gasteiger partial charge in [-0.1, -0.05) is 54.6 Å². The molecule has 0 aromatic heterocycles. The molecule has 4 heteroatoms. The molecule has 2 aromatic carbocycles. The topological polar surface area (TPSA) is 66.4 Å². The van der Waals surface area contributed by atoms with Crippen LogP contribution in [0.3, 0.4) is 0 Å². The zero-order chi connectivity index (χ0) is 15.2. The zero-order valence-corrected chi connectivity index (χ0v) is 11.7. The molecule has 0 heterocycles. The molecule has 0 aliphatic carbocycles. The van der Waals surface area contributed by atoms with Gasteiger partial charge in [0.1, 0.15) is 0 Å². The van der Waals surface area contributed by atoms with Gasteiger partial charge in [-0.05, 0) is 16.7 Å². The number of aliphatic carboxylic acids is 1. The number of hydrogen-bond acceptors (Lipinski definition) is 2. The maximum absolute atomic E-state index is 11.2. The van der Waals surface area contributed by atoms with Crippen LogP contribution in [-0.2, 0) is 9.59 Å². The third kappa shape index (κ3) is 4.18. The molecular weight excluding hydrogens is 266 g/mol. The predicted octanol–water partition coefficient (Wildman–Crippen LogP) is 3.01. The van der Waals surface area contributed by atoms with Gasteiger partial charge in [0.15, 0.2) is 0 Å². The SMILES string of the molecule is CC(=O)NC(CC(=O)O)c1ccc(-c2ccccc2)cc1. The average Bonchev–Trinajstić information content (AvgIpc) is 2.47. The molecule has 0 saturated heterocycles. The van der Waals surface area contributed by atoms with E-state index in [1.807, 2.05) is 54.6 Å². The van der Waals surface area contributed by atoms with E-state index in [4.69, 9.17) is 5.11 Å². The van der Waals surface area contributed by atoms with Gasteiger partial charge < -0.3 is 10.4 Å². The summed E-state index contributed by atoms with van der Waals surface area (Å²) in [6.45, 7) is 1.38. The monoisotopic (exact) mass is 283 g/mol. The van der Waals surface area contributed by atoms with Gasteiger partial charge in [0, 0.05) is 6.92 Å². The predicted molar refractivity (Wildman–Crippen MR) is 80.7 cm³/mol. The van der Waals surface area contributed by atoms with E-state index in [1.54, 1.807) is 0 Å². The van der Waals surface area contributed by atoms with Crippen molar-refractivity contribution in [1.82, 2.24) is 5.32 Å². The van der Waals surface area contributed by atoms with Crippen molar-refractivity contribution in [3.63, 3.8) is 0 Å². The Morgan fingerprint density at radius 2 is 1.57 bits per heavy atom. The zero-order valence-electron chi connectivity index (χ0n) is 11.7. The maximum Gasteiger partial charge on any atom is 0.305 e. The van der Waals surface area contributed by atoms with Crippen molar-refractivity contribution in [2.75, 3.05) is 0 Å². The summed E-state index contributed by atoms with van der Waals surface area (Å²) in [7, 11) is 0. The van der Waals surface area contributed by atoms with Crippen molar-refractivity contribution >= 4 is 11.9 Å². The van der Waals surface area contributed by atoms with E-state index in [0.29, 0.717) is 0 Å². The van der Waals surface area contributed by atoms with E-state index < -0.39 is 12.0 Å². The fourth-order valence-corrected chi connectivity index (χ4v) is 2.21. The number of hydrogen-bond donors (Lipinski definition) is 2. The van der Waals surface area contributed by atoms with Crippen LogP contribution in [0.15, 0.2) is 54.6 Å². The highest BCUT2D eigenvalue weighted by atomic mass is 16.4. The van der Waals surface area contributed by atoms with Gasteiger partial charge in [-0.25, -0.2) is 0 Å². The summed E-state index contributed by atoms with van der Waals surface area (Å²) < 4.78 is 0. The third-order valence-corrected chi connectivity index (χ3v) is 3.18. The molecule has 0 spiro atoms. The summed E-state index contributed by atoms with van der Waals surface area (Å²) in [5, 5.41) is 11.6.